The average molecular weight is 413 g/mol. The Labute approximate surface area is 173 Å². The van der Waals surface area contributed by atoms with E-state index in [1.54, 1.807) is 10.8 Å². The van der Waals surface area contributed by atoms with Crippen molar-refractivity contribution in [1.82, 2.24) is 24.8 Å². The molecule has 0 radical (unpaired) electrons. The Balaban J connectivity index is 1.66. The molecule has 0 unspecified atom stereocenters. The van der Waals surface area contributed by atoms with E-state index >= 15 is 0 Å². The van der Waals surface area contributed by atoms with E-state index < -0.39 is 11.5 Å². The minimum Gasteiger partial charge on any atom is -0.494 e. The van der Waals surface area contributed by atoms with Crippen LogP contribution in [0, 0.1) is 5.92 Å². The third-order valence-electron chi connectivity index (χ3n) is 6.18. The Bertz CT molecular complexity index is 1060. The van der Waals surface area contributed by atoms with Crippen LogP contribution in [-0.2, 0) is 11.3 Å². The van der Waals surface area contributed by atoms with Gasteiger partial charge in [0.25, 0.3) is 11.5 Å². The van der Waals surface area contributed by atoms with Gasteiger partial charge in [0, 0.05) is 37.9 Å². The molecule has 3 N–H and O–H groups in total. The van der Waals surface area contributed by atoms with Crippen LogP contribution in [0.25, 0.3) is 11.2 Å². The molecule has 2 aliphatic heterocycles. The average Bonchev–Trinajstić information content (AvgIpc) is 3.46. The molecule has 5 rings (SSSR count). The SMILES string of the molecule is O=C(NC1CC1)c1c(O)n(CC2CCOCC2)c2c(C3=CCCNC3)cnn2c1=O. The molecule has 2 fully saturated rings. The molecule has 1 aliphatic carbocycles. The number of nitrogens with one attached hydrogen (secondary N) is 2. The monoisotopic (exact) mass is 413 g/mol. The van der Waals surface area contributed by atoms with Gasteiger partial charge in [-0.25, -0.2) is 0 Å². The first-order valence-electron chi connectivity index (χ1n) is 10.8. The van der Waals surface area contributed by atoms with E-state index in [1.165, 1.54) is 4.52 Å². The van der Waals surface area contributed by atoms with Crippen molar-refractivity contribution < 1.29 is 14.6 Å². The largest absolute Gasteiger partial charge is 0.494 e. The summed E-state index contributed by atoms with van der Waals surface area (Å²) in [7, 11) is 0. The van der Waals surface area contributed by atoms with Gasteiger partial charge in [0.05, 0.1) is 6.20 Å². The van der Waals surface area contributed by atoms with Gasteiger partial charge in [0.1, 0.15) is 5.65 Å². The molecule has 0 spiro atoms. The minimum absolute atomic E-state index is 0.0857. The fourth-order valence-corrected chi connectivity index (χ4v) is 4.31. The predicted octanol–water partition coefficient (Wildman–Crippen LogP) is 0.897. The lowest BCUT2D eigenvalue weighted by Crippen LogP contribution is -2.35. The number of hydrogen-bond donors (Lipinski definition) is 3. The fraction of sp³-hybridized carbons (Fsp3) is 0.571. The standard InChI is InChI=1S/C21H27N5O4/c27-18(24-15-3-4-15)17-20(28)25(12-13-5-8-30-9-6-13)19-16(11-23-26(19)21(17)29)14-2-1-7-22-10-14/h2,11,13,15,22,28H,1,3-10,12H2,(H,24,27). The number of aromatic hydroxyl groups is 1. The maximum absolute atomic E-state index is 13.1. The Morgan fingerprint density at radius 2 is 2.10 bits per heavy atom. The molecule has 9 nitrogen and oxygen atoms in total. The zero-order valence-corrected chi connectivity index (χ0v) is 16.9. The second-order valence-electron chi connectivity index (χ2n) is 8.41. The van der Waals surface area contributed by atoms with Gasteiger partial charge in [-0.05, 0) is 50.1 Å². The molecule has 2 aromatic rings. The number of amides is 1. The van der Waals surface area contributed by atoms with Crippen molar-refractivity contribution in [3.8, 4) is 5.88 Å². The van der Waals surface area contributed by atoms with E-state index in [9.17, 15) is 14.7 Å². The van der Waals surface area contributed by atoms with Crippen molar-refractivity contribution in [1.29, 1.82) is 0 Å². The molecule has 0 atom stereocenters. The van der Waals surface area contributed by atoms with Crippen LogP contribution in [0.2, 0.25) is 0 Å². The molecule has 1 saturated heterocycles. The highest BCUT2D eigenvalue weighted by atomic mass is 16.5. The molecule has 1 amide bonds. The quantitative estimate of drug-likeness (QED) is 0.672. The highest BCUT2D eigenvalue weighted by molar-refractivity contribution is 5.97. The number of hydrogen-bond acceptors (Lipinski definition) is 6. The zero-order chi connectivity index (χ0) is 20.7. The lowest BCUT2D eigenvalue weighted by molar-refractivity contribution is 0.0607. The van der Waals surface area contributed by atoms with E-state index in [-0.39, 0.29) is 23.4 Å². The van der Waals surface area contributed by atoms with E-state index in [0.717, 1.165) is 49.8 Å². The zero-order valence-electron chi connectivity index (χ0n) is 16.9. The van der Waals surface area contributed by atoms with Gasteiger partial charge in [-0.2, -0.15) is 9.61 Å². The summed E-state index contributed by atoms with van der Waals surface area (Å²) in [5.41, 5.74) is 1.59. The number of nitrogens with zero attached hydrogens (tertiary/aromatic N) is 3. The topological polar surface area (TPSA) is 110 Å². The van der Waals surface area contributed by atoms with Gasteiger partial charge in [-0.3, -0.25) is 14.2 Å². The normalized spacial score (nSPS) is 20.3. The van der Waals surface area contributed by atoms with Crippen LogP contribution in [0.1, 0.15) is 48.0 Å². The number of aromatic nitrogens is 3. The predicted molar refractivity (Wildman–Crippen MR) is 111 cm³/mol. The van der Waals surface area contributed by atoms with Gasteiger partial charge >= 0.3 is 0 Å². The lowest BCUT2D eigenvalue weighted by atomic mass is 9.99. The van der Waals surface area contributed by atoms with Crippen LogP contribution in [0.5, 0.6) is 5.88 Å². The smallest absolute Gasteiger partial charge is 0.291 e. The Kier molecular flexibility index (Phi) is 5.08. The first-order chi connectivity index (χ1) is 14.6. The van der Waals surface area contributed by atoms with E-state index in [4.69, 9.17) is 4.74 Å². The maximum atomic E-state index is 13.1. The number of carbonyl (C=O) groups excluding carboxylic acids is 1. The number of ether oxygens (including phenoxy) is 1. The molecular weight excluding hydrogens is 386 g/mol. The minimum atomic E-state index is -0.584. The highest BCUT2D eigenvalue weighted by Crippen LogP contribution is 2.29. The Morgan fingerprint density at radius 3 is 2.80 bits per heavy atom. The van der Waals surface area contributed by atoms with Crippen LogP contribution in [-0.4, -0.2) is 57.5 Å². The third kappa shape index (κ3) is 3.52. The summed E-state index contributed by atoms with van der Waals surface area (Å²) in [4.78, 5) is 25.9. The summed E-state index contributed by atoms with van der Waals surface area (Å²) in [6.45, 7) is 3.45. The van der Waals surface area contributed by atoms with Gasteiger partial charge in [0.2, 0.25) is 5.88 Å². The number of carbonyl (C=O) groups is 1. The van der Waals surface area contributed by atoms with E-state index in [2.05, 4.69) is 21.8 Å². The van der Waals surface area contributed by atoms with Crippen molar-refractivity contribution >= 4 is 17.1 Å². The van der Waals surface area contributed by atoms with Crippen LogP contribution in [0.15, 0.2) is 17.1 Å². The first kappa shape index (κ1) is 19.3. The second-order valence-corrected chi connectivity index (χ2v) is 8.41. The van der Waals surface area contributed by atoms with Crippen LogP contribution in [0.4, 0.5) is 0 Å². The van der Waals surface area contributed by atoms with Crippen LogP contribution >= 0.6 is 0 Å². The first-order valence-corrected chi connectivity index (χ1v) is 10.8. The summed E-state index contributed by atoms with van der Waals surface area (Å²) in [6.07, 6.45) is 8.24. The molecule has 3 aliphatic rings. The van der Waals surface area contributed by atoms with Crippen molar-refractivity contribution in [2.24, 2.45) is 5.92 Å². The summed E-state index contributed by atoms with van der Waals surface area (Å²) in [5, 5.41) is 21.6. The summed E-state index contributed by atoms with van der Waals surface area (Å²) in [5.74, 6) is -0.516. The fourth-order valence-electron chi connectivity index (χ4n) is 4.31. The maximum Gasteiger partial charge on any atom is 0.291 e. The Morgan fingerprint density at radius 1 is 1.30 bits per heavy atom. The van der Waals surface area contributed by atoms with E-state index in [1.807, 2.05) is 0 Å². The molecule has 30 heavy (non-hydrogen) atoms. The highest BCUT2D eigenvalue weighted by Gasteiger charge is 2.31. The molecule has 0 aromatic carbocycles. The van der Waals surface area contributed by atoms with Gasteiger partial charge in [-0.15, -0.1) is 0 Å². The summed E-state index contributed by atoms with van der Waals surface area (Å²) >= 11 is 0. The van der Waals surface area contributed by atoms with Crippen LogP contribution in [0.3, 0.4) is 0 Å². The Hall–Kier alpha value is -2.65. The molecular formula is C21H27N5O4. The molecule has 9 heteroatoms. The third-order valence-corrected chi connectivity index (χ3v) is 6.18. The molecule has 4 heterocycles. The lowest BCUT2D eigenvalue weighted by Gasteiger charge is -2.25. The summed E-state index contributed by atoms with van der Waals surface area (Å²) < 4.78 is 8.44. The van der Waals surface area contributed by atoms with Gasteiger partial charge in [-0.1, -0.05) is 6.08 Å². The molecule has 0 bridgehead atoms. The second kappa shape index (κ2) is 7.88. The van der Waals surface area contributed by atoms with Crippen molar-refractivity contribution in [3.63, 3.8) is 0 Å². The summed E-state index contributed by atoms with van der Waals surface area (Å²) in [6, 6.07) is 0.0857. The number of rotatable bonds is 5. The van der Waals surface area contributed by atoms with Crippen LogP contribution < -0.4 is 16.2 Å². The number of fused-ring (bicyclic) bond motifs is 1. The molecule has 1 saturated carbocycles. The van der Waals surface area contributed by atoms with Gasteiger partial charge in [0.15, 0.2) is 5.56 Å². The molecule has 2 aromatic heterocycles. The van der Waals surface area contributed by atoms with Crippen molar-refractivity contribution in [2.75, 3.05) is 26.3 Å². The van der Waals surface area contributed by atoms with Crippen molar-refractivity contribution in [3.05, 3.63) is 33.8 Å². The van der Waals surface area contributed by atoms with Gasteiger partial charge < -0.3 is 20.5 Å². The molecule has 160 valence electrons. The van der Waals surface area contributed by atoms with E-state index in [0.29, 0.717) is 32.0 Å². The van der Waals surface area contributed by atoms with Crippen molar-refractivity contribution in [2.45, 2.75) is 44.7 Å².